The number of rotatable bonds is 6. The van der Waals surface area contributed by atoms with Gasteiger partial charge < -0.3 is 4.90 Å². The highest BCUT2D eigenvalue weighted by molar-refractivity contribution is 7.89. The van der Waals surface area contributed by atoms with Crippen molar-refractivity contribution < 1.29 is 13.2 Å². The van der Waals surface area contributed by atoms with E-state index >= 15 is 0 Å². The first-order valence-corrected chi connectivity index (χ1v) is 12.6. The number of nitrogens with zero attached hydrogens (tertiary/aromatic N) is 6. The molecule has 172 valence electrons. The minimum atomic E-state index is -3.59. The van der Waals surface area contributed by atoms with Crippen LogP contribution in [0.1, 0.15) is 29.2 Å². The van der Waals surface area contributed by atoms with E-state index in [0.717, 1.165) is 30.4 Å². The Morgan fingerprint density at radius 3 is 2.45 bits per heavy atom. The van der Waals surface area contributed by atoms with Gasteiger partial charge in [0.2, 0.25) is 15.9 Å². The first kappa shape index (κ1) is 21.7. The molecule has 1 atom stereocenters. The molecule has 0 radical (unpaired) electrons. The van der Waals surface area contributed by atoms with E-state index in [1.54, 1.807) is 11.0 Å². The fourth-order valence-electron chi connectivity index (χ4n) is 4.66. The van der Waals surface area contributed by atoms with E-state index in [4.69, 9.17) is 0 Å². The fraction of sp³-hybridized carbons (Fsp3) is 0.391. The van der Waals surface area contributed by atoms with Crippen LogP contribution in [0.4, 0.5) is 0 Å². The lowest BCUT2D eigenvalue weighted by molar-refractivity contribution is -0.136. The Morgan fingerprint density at radius 2 is 1.73 bits per heavy atom. The van der Waals surface area contributed by atoms with Crippen molar-refractivity contribution in [2.75, 3.05) is 26.2 Å². The summed E-state index contributed by atoms with van der Waals surface area (Å²) in [6.07, 6.45) is 4.92. The topological polar surface area (TPSA) is 101 Å². The van der Waals surface area contributed by atoms with E-state index in [2.05, 4.69) is 15.5 Å². The molecule has 0 saturated carbocycles. The third-order valence-electron chi connectivity index (χ3n) is 6.50. The number of aryl methyl sites for hydroxylation is 2. The van der Waals surface area contributed by atoms with Crippen LogP contribution in [0, 0.1) is 0 Å². The highest BCUT2D eigenvalue weighted by atomic mass is 32.2. The molecule has 1 aliphatic carbocycles. The summed E-state index contributed by atoms with van der Waals surface area (Å²) in [6, 6.07) is 14.6. The third-order valence-corrected chi connectivity index (χ3v) is 8.39. The molecule has 3 aromatic rings. The molecule has 0 bridgehead atoms. The SMILES string of the molecule is O=C([C@H](Cc1ccccc1)n1cnnn1)N1CCN(S(=O)(=O)c2ccc3c(c2)CCC3)CC1. The monoisotopic (exact) mass is 466 g/mol. The molecular formula is C23H26N6O3S. The Labute approximate surface area is 193 Å². The maximum absolute atomic E-state index is 13.4. The minimum absolute atomic E-state index is 0.110. The van der Waals surface area contributed by atoms with E-state index in [0.29, 0.717) is 24.4 Å². The number of fused-ring (bicyclic) bond motifs is 1. The summed E-state index contributed by atoms with van der Waals surface area (Å²) >= 11 is 0. The molecule has 2 aromatic carbocycles. The number of benzene rings is 2. The molecule has 33 heavy (non-hydrogen) atoms. The van der Waals surface area contributed by atoms with Crippen LogP contribution in [0.2, 0.25) is 0 Å². The van der Waals surface area contributed by atoms with Crippen LogP contribution in [-0.4, -0.2) is 69.9 Å². The van der Waals surface area contributed by atoms with Gasteiger partial charge in [-0.2, -0.15) is 4.31 Å². The van der Waals surface area contributed by atoms with Gasteiger partial charge in [-0.15, -0.1) is 5.10 Å². The van der Waals surface area contributed by atoms with Gasteiger partial charge in [0, 0.05) is 32.6 Å². The molecule has 0 spiro atoms. The second kappa shape index (κ2) is 9.03. The van der Waals surface area contributed by atoms with Gasteiger partial charge in [0.05, 0.1) is 4.90 Å². The zero-order chi connectivity index (χ0) is 22.8. The molecule has 0 N–H and O–H groups in total. The van der Waals surface area contributed by atoms with Crippen molar-refractivity contribution in [1.29, 1.82) is 0 Å². The lowest BCUT2D eigenvalue weighted by Gasteiger charge is -2.35. The Bertz CT molecular complexity index is 1220. The van der Waals surface area contributed by atoms with Gasteiger partial charge in [-0.25, -0.2) is 13.1 Å². The molecular weight excluding hydrogens is 440 g/mol. The van der Waals surface area contributed by atoms with Crippen molar-refractivity contribution in [3.8, 4) is 0 Å². The second-order valence-corrected chi connectivity index (χ2v) is 10.4. The maximum Gasteiger partial charge on any atom is 0.248 e. The van der Waals surface area contributed by atoms with Crippen LogP contribution < -0.4 is 0 Å². The predicted molar refractivity (Wildman–Crippen MR) is 121 cm³/mol. The summed E-state index contributed by atoms with van der Waals surface area (Å²) in [4.78, 5) is 15.5. The molecule has 2 aliphatic rings. The molecule has 1 saturated heterocycles. The van der Waals surface area contributed by atoms with E-state index in [-0.39, 0.29) is 19.0 Å². The summed E-state index contributed by atoms with van der Waals surface area (Å²) in [5, 5.41) is 11.3. The largest absolute Gasteiger partial charge is 0.338 e. The van der Waals surface area contributed by atoms with Gasteiger partial charge in [0.25, 0.3) is 0 Å². The van der Waals surface area contributed by atoms with Crippen LogP contribution in [0.15, 0.2) is 59.8 Å². The Kier molecular flexibility index (Phi) is 5.94. The van der Waals surface area contributed by atoms with Gasteiger partial charge >= 0.3 is 0 Å². The lowest BCUT2D eigenvalue weighted by atomic mass is 10.0. The van der Waals surface area contributed by atoms with Crippen molar-refractivity contribution in [3.63, 3.8) is 0 Å². The minimum Gasteiger partial charge on any atom is -0.338 e. The lowest BCUT2D eigenvalue weighted by Crippen LogP contribution is -2.52. The first-order valence-electron chi connectivity index (χ1n) is 11.2. The van der Waals surface area contributed by atoms with Crippen molar-refractivity contribution in [3.05, 3.63) is 71.5 Å². The number of hydrogen-bond donors (Lipinski definition) is 0. The van der Waals surface area contributed by atoms with Crippen LogP contribution in [0.5, 0.6) is 0 Å². The number of carbonyl (C=O) groups excluding carboxylic acids is 1. The van der Waals surface area contributed by atoms with Gasteiger partial charge in [-0.3, -0.25) is 4.79 Å². The van der Waals surface area contributed by atoms with Crippen LogP contribution in [0.25, 0.3) is 0 Å². The van der Waals surface area contributed by atoms with E-state index < -0.39 is 16.1 Å². The quantitative estimate of drug-likeness (QED) is 0.545. The van der Waals surface area contributed by atoms with Crippen LogP contribution >= 0.6 is 0 Å². The molecule has 1 amide bonds. The molecule has 2 heterocycles. The molecule has 10 heteroatoms. The average molecular weight is 467 g/mol. The van der Waals surface area contributed by atoms with Gasteiger partial charge in [-0.1, -0.05) is 36.4 Å². The zero-order valence-corrected chi connectivity index (χ0v) is 19.1. The smallest absolute Gasteiger partial charge is 0.248 e. The maximum atomic E-state index is 13.4. The molecule has 5 rings (SSSR count). The number of hydrogen-bond acceptors (Lipinski definition) is 6. The number of sulfonamides is 1. The highest BCUT2D eigenvalue weighted by Gasteiger charge is 2.34. The molecule has 0 unspecified atom stereocenters. The van der Waals surface area contributed by atoms with Gasteiger partial charge in [0.1, 0.15) is 12.4 Å². The summed E-state index contributed by atoms with van der Waals surface area (Å²) in [5.74, 6) is -0.110. The summed E-state index contributed by atoms with van der Waals surface area (Å²) in [5.41, 5.74) is 3.38. The van der Waals surface area contributed by atoms with Gasteiger partial charge in [-0.05, 0) is 58.5 Å². The van der Waals surface area contributed by atoms with E-state index in [9.17, 15) is 13.2 Å². The van der Waals surface area contributed by atoms with E-state index in [1.165, 1.54) is 20.9 Å². The van der Waals surface area contributed by atoms with Crippen LogP contribution in [-0.2, 0) is 34.1 Å². The molecule has 1 aliphatic heterocycles. The molecule has 1 aromatic heterocycles. The van der Waals surface area contributed by atoms with Gasteiger partial charge in [0.15, 0.2) is 0 Å². The first-order chi connectivity index (χ1) is 16.0. The van der Waals surface area contributed by atoms with Crippen molar-refractivity contribution in [2.24, 2.45) is 0 Å². The number of aromatic nitrogens is 4. The van der Waals surface area contributed by atoms with Crippen molar-refractivity contribution in [2.45, 2.75) is 36.6 Å². The summed E-state index contributed by atoms with van der Waals surface area (Å²) < 4.78 is 29.4. The summed E-state index contributed by atoms with van der Waals surface area (Å²) in [7, 11) is -3.59. The third kappa shape index (κ3) is 4.40. The predicted octanol–water partition coefficient (Wildman–Crippen LogP) is 1.48. The molecule has 9 nitrogen and oxygen atoms in total. The molecule has 1 fully saturated rings. The van der Waals surface area contributed by atoms with Crippen LogP contribution in [0.3, 0.4) is 0 Å². The fourth-order valence-corrected chi connectivity index (χ4v) is 6.13. The Balaban J connectivity index is 1.29. The van der Waals surface area contributed by atoms with Crippen molar-refractivity contribution in [1.82, 2.24) is 29.4 Å². The zero-order valence-electron chi connectivity index (χ0n) is 18.2. The standard InChI is InChI=1S/C23H26N6O3S/c30-23(22(29-17-24-25-26-29)15-18-5-2-1-3-6-18)27-11-13-28(14-12-27)33(31,32)21-10-9-19-7-4-8-20(19)16-21/h1-3,5-6,9-10,16-17,22H,4,7-8,11-15H2/t22-/m0/s1. The average Bonchev–Trinajstić information content (AvgIpc) is 3.54. The highest BCUT2D eigenvalue weighted by Crippen LogP contribution is 2.27. The Morgan fingerprint density at radius 1 is 0.970 bits per heavy atom. The number of piperazine rings is 1. The Hall–Kier alpha value is -3.11. The second-order valence-electron chi connectivity index (χ2n) is 8.51. The van der Waals surface area contributed by atoms with Crippen molar-refractivity contribution >= 4 is 15.9 Å². The van der Waals surface area contributed by atoms with E-state index in [1.807, 2.05) is 42.5 Å². The number of tetrazole rings is 1. The summed E-state index contributed by atoms with van der Waals surface area (Å²) in [6.45, 7) is 1.19. The number of amides is 1. The number of carbonyl (C=O) groups is 1. The normalized spacial score (nSPS) is 17.6.